The van der Waals surface area contributed by atoms with Crippen LogP contribution in [0.15, 0.2) is 23.1 Å². The Bertz CT molecular complexity index is 871. The van der Waals surface area contributed by atoms with Crippen molar-refractivity contribution in [1.82, 2.24) is 9.62 Å². The third kappa shape index (κ3) is 4.25. The highest BCUT2D eigenvalue weighted by atomic mass is 32.2. The summed E-state index contributed by atoms with van der Waals surface area (Å²) in [4.78, 5) is 25.3. The number of nitrogens with one attached hydrogen (secondary N) is 1. The Morgan fingerprint density at radius 3 is 2.28 bits per heavy atom. The lowest BCUT2D eigenvalue weighted by Crippen LogP contribution is -2.56. The van der Waals surface area contributed by atoms with Crippen molar-refractivity contribution in [1.29, 1.82) is 0 Å². The molecular weight excluding hydrogens is 396 g/mol. The van der Waals surface area contributed by atoms with Gasteiger partial charge in [0.2, 0.25) is 10.0 Å². The molecule has 1 saturated heterocycles. The van der Waals surface area contributed by atoms with Gasteiger partial charge < -0.3 is 14.8 Å². The highest BCUT2D eigenvalue weighted by Crippen LogP contribution is 2.32. The number of benzene rings is 1. The van der Waals surface area contributed by atoms with E-state index in [0.717, 1.165) is 32.1 Å². The summed E-state index contributed by atoms with van der Waals surface area (Å²) in [7, 11) is -1.07. The summed E-state index contributed by atoms with van der Waals surface area (Å²) in [5, 5.41) is 2.82. The largest absolute Gasteiger partial charge is 0.495 e. The maximum absolute atomic E-state index is 13.0. The third-order valence-electron chi connectivity index (χ3n) is 5.74. The zero-order chi connectivity index (χ0) is 21.1. The molecule has 0 spiro atoms. The zero-order valence-corrected chi connectivity index (χ0v) is 17.7. The second-order valence-electron chi connectivity index (χ2n) is 7.57. The fourth-order valence-electron chi connectivity index (χ4n) is 4.11. The first kappa shape index (κ1) is 21.6. The van der Waals surface area contributed by atoms with Gasteiger partial charge in [-0.1, -0.05) is 19.3 Å². The molecular formula is C20H28N2O6S. The number of sulfonamides is 1. The second-order valence-corrected chi connectivity index (χ2v) is 9.47. The minimum atomic E-state index is -3.77. The predicted octanol–water partition coefficient (Wildman–Crippen LogP) is 2.09. The fourth-order valence-corrected chi connectivity index (χ4v) is 5.81. The molecule has 8 nitrogen and oxygen atoms in total. The van der Waals surface area contributed by atoms with Crippen molar-refractivity contribution in [2.45, 2.75) is 55.4 Å². The molecule has 1 aromatic rings. The number of hydrogen-bond acceptors (Lipinski definition) is 6. The van der Waals surface area contributed by atoms with E-state index in [4.69, 9.17) is 9.47 Å². The molecule has 3 rings (SSSR count). The Morgan fingerprint density at radius 1 is 1.03 bits per heavy atom. The van der Waals surface area contributed by atoms with E-state index in [1.807, 2.05) is 0 Å². The lowest BCUT2D eigenvalue weighted by Gasteiger charge is -2.35. The maximum atomic E-state index is 13.0. The molecule has 29 heavy (non-hydrogen) atoms. The topological polar surface area (TPSA) is 102 Å². The van der Waals surface area contributed by atoms with E-state index in [2.05, 4.69) is 5.32 Å². The average molecular weight is 425 g/mol. The van der Waals surface area contributed by atoms with Gasteiger partial charge in [-0.2, -0.15) is 4.31 Å². The molecule has 0 aromatic heterocycles. The first-order valence-corrected chi connectivity index (χ1v) is 11.4. The van der Waals surface area contributed by atoms with Crippen LogP contribution in [0.1, 0.15) is 55.3 Å². The van der Waals surface area contributed by atoms with Crippen LogP contribution >= 0.6 is 0 Å². The molecule has 0 bridgehead atoms. The highest BCUT2D eigenvalue weighted by molar-refractivity contribution is 7.89. The van der Waals surface area contributed by atoms with Gasteiger partial charge in [0.15, 0.2) is 0 Å². The third-order valence-corrected chi connectivity index (χ3v) is 7.66. The SMILES string of the molecule is COC(=O)C1(NC(=O)c2ccc(OC)c(S(=O)(=O)N3CCCC3)c2)CCCCC1. The van der Waals surface area contributed by atoms with Gasteiger partial charge in [-0.25, -0.2) is 13.2 Å². The molecule has 9 heteroatoms. The van der Waals surface area contributed by atoms with Crippen molar-refractivity contribution in [2.24, 2.45) is 0 Å². The van der Waals surface area contributed by atoms with E-state index in [-0.39, 0.29) is 16.2 Å². The molecule has 1 aliphatic heterocycles. The molecule has 2 aliphatic rings. The van der Waals surface area contributed by atoms with E-state index >= 15 is 0 Å². The smallest absolute Gasteiger partial charge is 0.331 e. The Hall–Kier alpha value is -2.13. The maximum Gasteiger partial charge on any atom is 0.331 e. The molecule has 0 radical (unpaired) electrons. The van der Waals surface area contributed by atoms with E-state index in [1.165, 1.54) is 36.7 Å². The van der Waals surface area contributed by atoms with Crippen molar-refractivity contribution >= 4 is 21.9 Å². The van der Waals surface area contributed by atoms with Gasteiger partial charge in [0.1, 0.15) is 16.2 Å². The number of carbonyl (C=O) groups excluding carboxylic acids is 2. The van der Waals surface area contributed by atoms with Gasteiger partial charge in [0, 0.05) is 18.7 Å². The van der Waals surface area contributed by atoms with Gasteiger partial charge in [-0.15, -0.1) is 0 Å². The van der Waals surface area contributed by atoms with E-state index in [1.54, 1.807) is 0 Å². The number of methoxy groups -OCH3 is 2. The second kappa shape index (κ2) is 8.71. The monoisotopic (exact) mass is 424 g/mol. The van der Waals surface area contributed by atoms with Crippen LogP contribution in [-0.4, -0.2) is 57.4 Å². The number of esters is 1. The Labute approximate surface area is 171 Å². The van der Waals surface area contributed by atoms with Crippen molar-refractivity contribution in [3.05, 3.63) is 23.8 Å². The van der Waals surface area contributed by atoms with Gasteiger partial charge in [0.05, 0.1) is 14.2 Å². The van der Waals surface area contributed by atoms with Crippen LogP contribution in [0.5, 0.6) is 5.75 Å². The van der Waals surface area contributed by atoms with Gasteiger partial charge in [0.25, 0.3) is 5.91 Å². The van der Waals surface area contributed by atoms with Crippen LogP contribution in [0, 0.1) is 0 Å². The number of carbonyl (C=O) groups is 2. The van der Waals surface area contributed by atoms with Gasteiger partial charge >= 0.3 is 5.97 Å². The minimum absolute atomic E-state index is 0.0367. The first-order chi connectivity index (χ1) is 13.8. The molecule has 1 aromatic carbocycles. The summed E-state index contributed by atoms with van der Waals surface area (Å²) in [5.74, 6) is -0.782. The molecule has 1 N–H and O–H groups in total. The van der Waals surface area contributed by atoms with Crippen LogP contribution in [0.25, 0.3) is 0 Å². The Morgan fingerprint density at radius 2 is 1.69 bits per heavy atom. The van der Waals surface area contributed by atoms with Crippen molar-refractivity contribution < 1.29 is 27.5 Å². The predicted molar refractivity (Wildman–Crippen MR) is 106 cm³/mol. The fraction of sp³-hybridized carbons (Fsp3) is 0.600. The van der Waals surface area contributed by atoms with Crippen molar-refractivity contribution in [3.8, 4) is 5.75 Å². The van der Waals surface area contributed by atoms with Crippen LogP contribution in [0.3, 0.4) is 0 Å². The summed E-state index contributed by atoms with van der Waals surface area (Å²) >= 11 is 0. The van der Waals surface area contributed by atoms with Crippen LogP contribution in [-0.2, 0) is 19.6 Å². The van der Waals surface area contributed by atoms with Crippen LogP contribution in [0.2, 0.25) is 0 Å². The molecule has 1 heterocycles. The molecule has 0 unspecified atom stereocenters. The van der Waals surface area contributed by atoms with E-state index in [0.29, 0.717) is 25.9 Å². The van der Waals surface area contributed by atoms with Crippen molar-refractivity contribution in [2.75, 3.05) is 27.3 Å². The number of ether oxygens (including phenoxy) is 2. The van der Waals surface area contributed by atoms with Gasteiger partial charge in [-0.3, -0.25) is 4.79 Å². The standard InChI is InChI=1S/C20H28N2O6S/c1-27-16-9-8-15(14-17(16)29(25,26)22-12-6-7-13-22)18(23)21-20(19(24)28-2)10-4-3-5-11-20/h8-9,14H,3-7,10-13H2,1-2H3,(H,21,23). The molecule has 1 aliphatic carbocycles. The summed E-state index contributed by atoms with van der Waals surface area (Å²) < 4.78 is 37.7. The normalized spacial score (nSPS) is 19.5. The van der Waals surface area contributed by atoms with E-state index in [9.17, 15) is 18.0 Å². The first-order valence-electron chi connectivity index (χ1n) is 9.93. The zero-order valence-electron chi connectivity index (χ0n) is 16.9. The summed E-state index contributed by atoms with van der Waals surface area (Å²) in [6, 6.07) is 4.31. The number of amides is 1. The molecule has 1 amide bonds. The Kier molecular flexibility index (Phi) is 6.48. The highest BCUT2D eigenvalue weighted by Gasteiger charge is 2.42. The quantitative estimate of drug-likeness (QED) is 0.702. The minimum Gasteiger partial charge on any atom is -0.495 e. The van der Waals surface area contributed by atoms with Crippen LogP contribution < -0.4 is 10.1 Å². The molecule has 2 fully saturated rings. The van der Waals surface area contributed by atoms with Crippen molar-refractivity contribution in [3.63, 3.8) is 0 Å². The lowest BCUT2D eigenvalue weighted by atomic mass is 9.81. The average Bonchev–Trinajstić information content (AvgIpc) is 3.29. The molecule has 0 atom stereocenters. The lowest BCUT2D eigenvalue weighted by molar-refractivity contribution is -0.149. The summed E-state index contributed by atoms with van der Waals surface area (Å²) in [5.41, 5.74) is -0.907. The summed E-state index contributed by atoms with van der Waals surface area (Å²) in [6.45, 7) is 0.903. The summed E-state index contributed by atoms with van der Waals surface area (Å²) in [6.07, 6.45) is 5.24. The molecule has 1 saturated carbocycles. The number of hydrogen-bond donors (Lipinski definition) is 1. The number of rotatable bonds is 6. The number of nitrogens with zero attached hydrogens (tertiary/aromatic N) is 1. The van der Waals surface area contributed by atoms with E-state index < -0.39 is 27.4 Å². The Balaban J connectivity index is 1.92. The van der Waals surface area contributed by atoms with Gasteiger partial charge in [-0.05, 0) is 43.9 Å². The van der Waals surface area contributed by atoms with Crippen LogP contribution in [0.4, 0.5) is 0 Å². The molecule has 160 valence electrons.